The van der Waals surface area contributed by atoms with Crippen LogP contribution in [0.15, 0.2) is 84.9 Å². The van der Waals surface area contributed by atoms with Gasteiger partial charge in [-0.25, -0.2) is 14.4 Å². The largest absolute Gasteiger partial charge is 0.493 e. The third-order valence-corrected chi connectivity index (χ3v) is 9.75. The molecule has 0 saturated carbocycles. The number of carbonyl (C=O) groups excluding carboxylic acids is 5. The molecule has 63 heavy (non-hydrogen) atoms. The van der Waals surface area contributed by atoms with Gasteiger partial charge in [0.15, 0.2) is 6.29 Å². The van der Waals surface area contributed by atoms with Crippen LogP contribution in [0.2, 0.25) is 0 Å². The quantitative estimate of drug-likeness (QED) is 0.0365. The second-order valence-electron chi connectivity index (χ2n) is 17.2. The van der Waals surface area contributed by atoms with E-state index in [0.29, 0.717) is 30.8 Å². The van der Waals surface area contributed by atoms with Gasteiger partial charge >= 0.3 is 18.2 Å². The first-order chi connectivity index (χ1) is 30.0. The molecular formula is C48H63N5O10. The summed E-state index contributed by atoms with van der Waals surface area (Å²) in [5.41, 5.74) is 0.189. The molecule has 0 fully saturated rings. The van der Waals surface area contributed by atoms with Crippen molar-refractivity contribution in [1.82, 2.24) is 26.6 Å². The first-order valence-electron chi connectivity index (χ1n) is 21.4. The number of fused-ring (bicyclic) bond motifs is 7. The molecule has 5 rings (SSSR count). The summed E-state index contributed by atoms with van der Waals surface area (Å²) in [5, 5.41) is 17.9. The highest BCUT2D eigenvalue weighted by molar-refractivity contribution is 6.09. The van der Waals surface area contributed by atoms with Gasteiger partial charge in [-0.2, -0.15) is 0 Å². The summed E-state index contributed by atoms with van der Waals surface area (Å²) in [5.74, 6) is -0.283. The highest BCUT2D eigenvalue weighted by Crippen LogP contribution is 2.45. The molecule has 15 heteroatoms. The normalized spacial score (nSPS) is 17.2. The van der Waals surface area contributed by atoms with E-state index < -0.39 is 53.6 Å². The molecule has 1 heterocycles. The molecule has 15 nitrogen and oxygen atoms in total. The number of rotatable bonds is 9. The summed E-state index contributed by atoms with van der Waals surface area (Å²) in [6.45, 7) is 11.0. The minimum absolute atomic E-state index is 0. The molecule has 0 unspecified atom stereocenters. The first kappa shape index (κ1) is 47.7. The zero-order valence-corrected chi connectivity index (χ0v) is 37.3. The number of nitrogens with one attached hydrogen (secondary N) is 5. The van der Waals surface area contributed by atoms with Crippen molar-refractivity contribution in [3.63, 3.8) is 0 Å². The Bertz CT molecular complexity index is 2240. The van der Waals surface area contributed by atoms with Gasteiger partial charge in [-0.05, 0) is 114 Å². The number of ether oxygens (including phenoxy) is 5. The lowest BCUT2D eigenvalue weighted by Gasteiger charge is -2.26. The Morgan fingerprint density at radius 3 is 1.90 bits per heavy atom. The molecule has 340 valence electrons. The molecule has 4 amide bonds. The maximum absolute atomic E-state index is 13.8. The maximum Gasteiger partial charge on any atom is 0.410 e. The Morgan fingerprint density at radius 1 is 0.762 bits per heavy atom. The zero-order chi connectivity index (χ0) is 45.6. The minimum Gasteiger partial charge on any atom is -0.493 e. The summed E-state index contributed by atoms with van der Waals surface area (Å²) in [4.78, 5) is 65.4. The molecule has 1 aliphatic heterocycles. The van der Waals surface area contributed by atoms with E-state index in [9.17, 15) is 24.0 Å². The van der Waals surface area contributed by atoms with Gasteiger partial charge in [0.1, 0.15) is 41.4 Å². The lowest BCUT2D eigenvalue weighted by Crippen LogP contribution is -2.58. The second kappa shape index (κ2) is 22.1. The van der Waals surface area contributed by atoms with Crippen molar-refractivity contribution in [3.8, 4) is 22.6 Å². The molecule has 0 radical (unpaired) electrons. The molecule has 0 bridgehead atoms. The Balaban J connectivity index is 0.00000898. The van der Waals surface area contributed by atoms with E-state index in [2.05, 4.69) is 38.7 Å². The fourth-order valence-electron chi connectivity index (χ4n) is 6.99. The number of esters is 1. The van der Waals surface area contributed by atoms with Crippen molar-refractivity contribution >= 4 is 51.5 Å². The van der Waals surface area contributed by atoms with Gasteiger partial charge in [0.2, 0.25) is 11.8 Å². The number of methoxy groups -OCH3 is 1. The highest BCUT2D eigenvalue weighted by Gasteiger charge is 2.28. The van der Waals surface area contributed by atoms with Crippen molar-refractivity contribution in [3.05, 3.63) is 84.9 Å². The van der Waals surface area contributed by atoms with Crippen LogP contribution >= 0.6 is 0 Å². The Labute approximate surface area is 370 Å². The Kier molecular flexibility index (Phi) is 16.8. The Hall–Kier alpha value is -6.35. The first-order valence-corrected chi connectivity index (χ1v) is 21.4. The van der Waals surface area contributed by atoms with Gasteiger partial charge in [-0.15, -0.1) is 0 Å². The molecule has 0 aromatic heterocycles. The fraction of sp³-hybridized carbons (Fsp3) is 0.438. The predicted molar refractivity (Wildman–Crippen MR) is 243 cm³/mol. The van der Waals surface area contributed by atoms with Crippen LogP contribution in [0.4, 0.5) is 9.59 Å². The van der Waals surface area contributed by atoms with Crippen LogP contribution in [-0.4, -0.2) is 86.4 Å². The van der Waals surface area contributed by atoms with Crippen molar-refractivity contribution < 1.29 is 49.1 Å². The van der Waals surface area contributed by atoms with Crippen LogP contribution in [0.25, 0.3) is 32.7 Å². The molecule has 2 atom stereocenters. The lowest BCUT2D eigenvalue weighted by molar-refractivity contribution is -0.145. The van der Waals surface area contributed by atoms with E-state index in [1.807, 2.05) is 60.7 Å². The van der Waals surface area contributed by atoms with Crippen LogP contribution in [0.3, 0.4) is 0 Å². The number of benzene rings is 4. The van der Waals surface area contributed by atoms with Gasteiger partial charge in [0.05, 0.1) is 13.7 Å². The molecule has 4 aromatic carbocycles. The van der Waals surface area contributed by atoms with Gasteiger partial charge in [-0.1, -0.05) is 72.8 Å². The van der Waals surface area contributed by atoms with Gasteiger partial charge in [-0.3, -0.25) is 25.5 Å². The predicted octanol–water partition coefficient (Wildman–Crippen LogP) is 7.64. The highest BCUT2D eigenvalue weighted by atomic mass is 16.6. The second-order valence-corrected chi connectivity index (χ2v) is 17.2. The monoisotopic (exact) mass is 870 g/mol. The van der Waals surface area contributed by atoms with E-state index in [-0.39, 0.29) is 46.4 Å². The fourth-order valence-corrected chi connectivity index (χ4v) is 6.99. The number of hydrogen-bond acceptors (Lipinski definition) is 11. The van der Waals surface area contributed by atoms with E-state index in [1.54, 1.807) is 53.7 Å². The molecule has 0 aliphatic carbocycles. The van der Waals surface area contributed by atoms with Crippen molar-refractivity contribution in [1.29, 1.82) is 0 Å². The summed E-state index contributed by atoms with van der Waals surface area (Å²) in [6, 6.07) is 22.0. The van der Waals surface area contributed by atoms with Crippen molar-refractivity contribution in [2.45, 2.75) is 110 Å². The smallest absolute Gasteiger partial charge is 0.410 e. The SMILES string of the molecule is COC(=O)[C@@H]1C/C=C/COc2ccc3ccccc3c2-c2c(ccc3ccccc23)OCCCC(=O)N[C@H](CCCCNC(NC(=O)OC(C)(C)C)NC(=O)OC(C)(C)C)C(=O)N1.[2HH]. The molecular weight excluding hydrogens is 807 g/mol. The number of carbonyl (C=O) groups is 5. The number of hydrogen-bond donors (Lipinski definition) is 5. The van der Waals surface area contributed by atoms with E-state index in [0.717, 1.165) is 32.7 Å². The van der Waals surface area contributed by atoms with Crippen molar-refractivity contribution in [2.24, 2.45) is 0 Å². The third-order valence-electron chi connectivity index (χ3n) is 9.75. The molecule has 1 aliphatic rings. The van der Waals surface area contributed by atoms with Crippen LogP contribution in [0.1, 0.15) is 81.5 Å². The molecule has 0 saturated heterocycles. The number of amides is 4. The zero-order valence-electron chi connectivity index (χ0n) is 37.3. The number of alkyl carbamates (subject to hydrolysis) is 2. The summed E-state index contributed by atoms with van der Waals surface area (Å²) in [7, 11) is 1.25. The Morgan fingerprint density at radius 2 is 1.33 bits per heavy atom. The van der Waals surface area contributed by atoms with Crippen molar-refractivity contribution in [2.75, 3.05) is 26.9 Å². The van der Waals surface area contributed by atoms with Crippen LogP contribution in [0.5, 0.6) is 11.5 Å². The van der Waals surface area contributed by atoms with Crippen LogP contribution in [0, 0.1) is 0 Å². The summed E-state index contributed by atoms with van der Waals surface area (Å²) in [6.07, 6.45) is 2.60. The van der Waals surface area contributed by atoms with Gasteiger partial charge in [0.25, 0.3) is 0 Å². The summed E-state index contributed by atoms with van der Waals surface area (Å²) < 4.78 is 28.7. The van der Waals surface area contributed by atoms with E-state index in [1.165, 1.54) is 7.11 Å². The third kappa shape index (κ3) is 14.6. The van der Waals surface area contributed by atoms with Crippen LogP contribution in [-0.2, 0) is 28.6 Å². The molecule has 0 spiro atoms. The summed E-state index contributed by atoms with van der Waals surface area (Å²) >= 11 is 0. The molecule has 4 aromatic rings. The number of unbranched alkanes of at least 4 members (excludes halogenated alkanes) is 1. The molecule has 5 N–H and O–H groups in total. The topological polar surface area (TPSA) is 192 Å². The standard InChI is InChI=1S/C48H61N5O10.H2/c1-47(2,3)62-45(57)52-44(53-46(58)63-48(4,5)6)49-28-14-12-21-35-42(55)51-36(43(56)59-7)22-13-15-29-60-37-26-24-31-17-8-10-19-33(31)40(37)41-34-20-11-9-18-32(34)25-27-38(41)61-30-16-23-39(54)50-35;/h8-11,13,15,17-20,24-27,35-36,44,49H,12,14,16,21-23,28-30H2,1-7H3,(H,50,54)(H,51,55)(H,52,57)(H,53,58);1H/b15-13+;/t35-,36+;/m1./s1/i;1+1. The van der Waals surface area contributed by atoms with Gasteiger partial charge < -0.3 is 34.3 Å². The lowest BCUT2D eigenvalue weighted by atomic mass is 9.92. The average molecular weight is 871 g/mol. The minimum atomic E-state index is -1.04. The van der Waals surface area contributed by atoms with Gasteiger partial charge in [0, 0.05) is 19.0 Å². The van der Waals surface area contributed by atoms with Crippen LogP contribution < -0.4 is 36.1 Å². The van der Waals surface area contributed by atoms with E-state index >= 15 is 0 Å². The average Bonchev–Trinajstić information content (AvgIpc) is 3.21. The maximum atomic E-state index is 13.8. The van der Waals surface area contributed by atoms with E-state index in [4.69, 9.17) is 23.7 Å².